The molecule has 6 heteroatoms. The van der Waals surface area contributed by atoms with E-state index in [0.29, 0.717) is 0 Å². The summed E-state index contributed by atoms with van der Waals surface area (Å²) in [6, 6.07) is 9.34. The van der Waals surface area contributed by atoms with Crippen LogP contribution in [-0.2, 0) is 14.2 Å². The molecule has 6 nitrogen and oxygen atoms in total. The molecule has 0 aromatic heterocycles. The fourth-order valence-corrected chi connectivity index (χ4v) is 2.40. The molecule has 19 heavy (non-hydrogen) atoms. The smallest absolute Gasteiger partial charge is 0.190 e. The van der Waals surface area contributed by atoms with Crippen molar-refractivity contribution in [1.82, 2.24) is 0 Å². The Morgan fingerprint density at radius 3 is 2.47 bits per heavy atom. The fourth-order valence-electron chi connectivity index (χ4n) is 2.40. The molecule has 2 aliphatic heterocycles. The second-order valence-electron chi connectivity index (χ2n) is 4.69. The molecule has 1 aromatic carbocycles. The second kappa shape index (κ2) is 5.16. The molecule has 2 saturated heterocycles. The summed E-state index contributed by atoms with van der Waals surface area (Å²) in [4.78, 5) is 0. The first-order valence-corrected chi connectivity index (χ1v) is 6.19. The molecule has 2 fully saturated rings. The van der Waals surface area contributed by atoms with Gasteiger partial charge in [0, 0.05) is 5.56 Å². The zero-order valence-electron chi connectivity index (χ0n) is 10.1. The van der Waals surface area contributed by atoms with Gasteiger partial charge in [0.15, 0.2) is 12.6 Å². The average molecular weight is 268 g/mol. The number of benzene rings is 1. The molecule has 3 N–H and O–H groups in total. The van der Waals surface area contributed by atoms with E-state index in [1.807, 2.05) is 30.3 Å². The van der Waals surface area contributed by atoms with Crippen LogP contribution in [0.2, 0.25) is 0 Å². The third-order valence-corrected chi connectivity index (χ3v) is 3.41. The maximum absolute atomic E-state index is 10.0. The molecule has 3 rings (SSSR count). The largest absolute Gasteiger partial charge is 0.394 e. The molecule has 0 radical (unpaired) electrons. The van der Waals surface area contributed by atoms with Gasteiger partial charge in [0.25, 0.3) is 0 Å². The number of aliphatic hydroxyl groups excluding tert-OH is 3. The minimum Gasteiger partial charge on any atom is -0.394 e. The summed E-state index contributed by atoms with van der Waals surface area (Å²) in [6.45, 7) is -0.483. The third kappa shape index (κ3) is 2.27. The van der Waals surface area contributed by atoms with Crippen molar-refractivity contribution in [2.75, 3.05) is 6.61 Å². The lowest BCUT2D eigenvalue weighted by Crippen LogP contribution is -2.41. The highest BCUT2D eigenvalue weighted by molar-refractivity contribution is 5.17. The first-order chi connectivity index (χ1) is 9.20. The Morgan fingerprint density at radius 1 is 1.11 bits per heavy atom. The van der Waals surface area contributed by atoms with Crippen molar-refractivity contribution in [3.05, 3.63) is 35.9 Å². The molecular formula is C13H16O6. The van der Waals surface area contributed by atoms with Gasteiger partial charge in [0.2, 0.25) is 0 Å². The predicted molar refractivity (Wildman–Crippen MR) is 62.9 cm³/mol. The van der Waals surface area contributed by atoms with Crippen molar-refractivity contribution in [2.24, 2.45) is 0 Å². The van der Waals surface area contributed by atoms with Crippen LogP contribution in [0.3, 0.4) is 0 Å². The van der Waals surface area contributed by atoms with Gasteiger partial charge in [-0.05, 0) is 0 Å². The van der Waals surface area contributed by atoms with E-state index in [4.69, 9.17) is 19.3 Å². The first-order valence-electron chi connectivity index (χ1n) is 6.19. The predicted octanol–water partition coefficient (Wildman–Crippen LogP) is -0.460. The topological polar surface area (TPSA) is 88.4 Å². The SMILES string of the molecule is OC[C@H](O)C1O[C@@H]2OC(c3ccccc3)O[C@@H]2C1O. The first kappa shape index (κ1) is 13.0. The maximum Gasteiger partial charge on any atom is 0.190 e. The van der Waals surface area contributed by atoms with E-state index in [1.54, 1.807) is 0 Å². The Labute approximate surface area is 110 Å². The van der Waals surface area contributed by atoms with E-state index in [-0.39, 0.29) is 0 Å². The van der Waals surface area contributed by atoms with Gasteiger partial charge in [-0.25, -0.2) is 0 Å². The van der Waals surface area contributed by atoms with Gasteiger partial charge in [-0.15, -0.1) is 0 Å². The monoisotopic (exact) mass is 268 g/mol. The van der Waals surface area contributed by atoms with Crippen molar-refractivity contribution in [3.8, 4) is 0 Å². The lowest BCUT2D eigenvalue weighted by atomic mass is 10.1. The maximum atomic E-state index is 10.0. The number of ether oxygens (including phenoxy) is 3. The Kier molecular flexibility index (Phi) is 3.53. The lowest BCUT2D eigenvalue weighted by molar-refractivity contribution is -0.191. The zero-order valence-corrected chi connectivity index (χ0v) is 10.1. The summed E-state index contributed by atoms with van der Waals surface area (Å²) in [5.41, 5.74) is 0.840. The van der Waals surface area contributed by atoms with E-state index in [9.17, 15) is 10.2 Å². The van der Waals surface area contributed by atoms with Gasteiger partial charge in [-0.2, -0.15) is 0 Å². The summed E-state index contributed by atoms with van der Waals surface area (Å²) in [6.07, 6.45) is -5.04. The summed E-state index contributed by atoms with van der Waals surface area (Å²) < 4.78 is 16.6. The number of rotatable bonds is 3. The van der Waals surface area contributed by atoms with E-state index >= 15 is 0 Å². The van der Waals surface area contributed by atoms with Crippen molar-refractivity contribution in [1.29, 1.82) is 0 Å². The normalized spacial score (nSPS) is 39.2. The Hall–Kier alpha value is -1.02. The summed E-state index contributed by atoms with van der Waals surface area (Å²) in [5.74, 6) is 0. The number of fused-ring (bicyclic) bond motifs is 1. The van der Waals surface area contributed by atoms with E-state index in [1.165, 1.54) is 0 Å². The minimum atomic E-state index is -1.15. The zero-order chi connectivity index (χ0) is 13.4. The number of hydrogen-bond donors (Lipinski definition) is 3. The lowest BCUT2D eigenvalue weighted by Gasteiger charge is -2.22. The van der Waals surface area contributed by atoms with Crippen LogP contribution in [0.25, 0.3) is 0 Å². The molecule has 6 atom stereocenters. The van der Waals surface area contributed by atoms with E-state index in [0.717, 1.165) is 5.56 Å². The van der Waals surface area contributed by atoms with Crippen LogP contribution in [-0.4, -0.2) is 52.6 Å². The van der Waals surface area contributed by atoms with Crippen LogP contribution < -0.4 is 0 Å². The molecule has 0 amide bonds. The van der Waals surface area contributed by atoms with Crippen LogP contribution >= 0.6 is 0 Å². The molecule has 0 aliphatic carbocycles. The van der Waals surface area contributed by atoms with Gasteiger partial charge in [-0.1, -0.05) is 30.3 Å². The van der Waals surface area contributed by atoms with Gasteiger partial charge in [0.05, 0.1) is 6.61 Å². The van der Waals surface area contributed by atoms with Crippen molar-refractivity contribution < 1.29 is 29.5 Å². The van der Waals surface area contributed by atoms with Crippen LogP contribution in [0.15, 0.2) is 30.3 Å². The van der Waals surface area contributed by atoms with Crippen LogP contribution in [0.4, 0.5) is 0 Å². The van der Waals surface area contributed by atoms with Crippen LogP contribution in [0.5, 0.6) is 0 Å². The molecule has 0 bridgehead atoms. The number of aliphatic hydroxyl groups is 3. The van der Waals surface area contributed by atoms with Crippen molar-refractivity contribution in [2.45, 2.75) is 37.0 Å². The fraction of sp³-hybridized carbons (Fsp3) is 0.538. The molecule has 0 saturated carbocycles. The molecule has 2 heterocycles. The molecule has 3 unspecified atom stereocenters. The molecule has 1 aromatic rings. The standard InChI is InChI=1S/C13H16O6/c14-6-8(15)10-9(16)11-13(17-10)19-12(18-11)7-4-2-1-3-5-7/h1-5,8-16H,6H2/t8-,9?,10?,11+,12?,13+/m0/s1. The van der Waals surface area contributed by atoms with Gasteiger partial charge in [-0.3, -0.25) is 0 Å². The minimum absolute atomic E-state index is 0.483. The molecular weight excluding hydrogens is 252 g/mol. The highest BCUT2D eigenvalue weighted by atomic mass is 16.8. The summed E-state index contributed by atoms with van der Waals surface area (Å²) in [7, 11) is 0. The van der Waals surface area contributed by atoms with Crippen LogP contribution in [0.1, 0.15) is 11.9 Å². The summed E-state index contributed by atoms with van der Waals surface area (Å²) in [5, 5.41) is 28.4. The van der Waals surface area contributed by atoms with E-state index in [2.05, 4.69) is 0 Å². The second-order valence-corrected chi connectivity index (χ2v) is 4.69. The quantitative estimate of drug-likeness (QED) is 0.687. The van der Waals surface area contributed by atoms with Gasteiger partial charge >= 0.3 is 0 Å². The molecule has 0 spiro atoms. The molecule has 104 valence electrons. The Balaban J connectivity index is 1.69. The molecule has 2 aliphatic rings. The average Bonchev–Trinajstić information content (AvgIpc) is 2.99. The Morgan fingerprint density at radius 2 is 1.84 bits per heavy atom. The third-order valence-electron chi connectivity index (χ3n) is 3.41. The van der Waals surface area contributed by atoms with Gasteiger partial charge < -0.3 is 29.5 Å². The van der Waals surface area contributed by atoms with Gasteiger partial charge in [0.1, 0.15) is 24.4 Å². The summed E-state index contributed by atoms with van der Waals surface area (Å²) >= 11 is 0. The number of hydrogen-bond acceptors (Lipinski definition) is 6. The van der Waals surface area contributed by atoms with E-state index < -0.39 is 43.6 Å². The highest BCUT2D eigenvalue weighted by Gasteiger charge is 2.53. The highest BCUT2D eigenvalue weighted by Crippen LogP contribution is 2.39. The van der Waals surface area contributed by atoms with Crippen molar-refractivity contribution >= 4 is 0 Å². The van der Waals surface area contributed by atoms with Crippen LogP contribution in [0, 0.1) is 0 Å². The van der Waals surface area contributed by atoms with Crippen molar-refractivity contribution in [3.63, 3.8) is 0 Å². The Bertz CT molecular complexity index is 424.